The SMILES string of the molecule is CCCC(N)c1cc(-c2cccc(COc3ccccc3CC(=O)O)c2)ccn1. The zero-order valence-electron chi connectivity index (χ0n) is 16.5. The highest BCUT2D eigenvalue weighted by atomic mass is 16.5. The number of rotatable bonds is 9. The molecule has 0 saturated carbocycles. The van der Waals surface area contributed by atoms with E-state index in [9.17, 15) is 4.79 Å². The van der Waals surface area contributed by atoms with Crippen LogP contribution in [0, 0.1) is 0 Å². The van der Waals surface area contributed by atoms with Crippen molar-refractivity contribution in [1.82, 2.24) is 4.98 Å². The van der Waals surface area contributed by atoms with Gasteiger partial charge in [0, 0.05) is 17.8 Å². The number of benzene rings is 2. The zero-order valence-corrected chi connectivity index (χ0v) is 16.5. The van der Waals surface area contributed by atoms with Crippen molar-refractivity contribution in [1.29, 1.82) is 0 Å². The van der Waals surface area contributed by atoms with Gasteiger partial charge in [0.1, 0.15) is 12.4 Å². The molecule has 0 amide bonds. The van der Waals surface area contributed by atoms with Gasteiger partial charge in [0.05, 0.1) is 12.1 Å². The van der Waals surface area contributed by atoms with Crippen LogP contribution < -0.4 is 10.5 Å². The van der Waals surface area contributed by atoms with Gasteiger partial charge < -0.3 is 15.6 Å². The molecule has 150 valence electrons. The van der Waals surface area contributed by atoms with E-state index in [1.165, 1.54) is 0 Å². The minimum Gasteiger partial charge on any atom is -0.489 e. The molecule has 2 aromatic carbocycles. The van der Waals surface area contributed by atoms with Crippen molar-refractivity contribution in [3.8, 4) is 16.9 Å². The van der Waals surface area contributed by atoms with Gasteiger partial charge >= 0.3 is 5.97 Å². The molecule has 0 aliphatic carbocycles. The molecule has 3 rings (SSSR count). The van der Waals surface area contributed by atoms with E-state index >= 15 is 0 Å². The minimum atomic E-state index is -0.877. The Kier molecular flexibility index (Phi) is 6.98. The topological polar surface area (TPSA) is 85.4 Å². The number of hydrogen-bond acceptors (Lipinski definition) is 4. The number of nitrogens with two attached hydrogens (primary N) is 1. The molecular formula is C24H26N2O3. The van der Waals surface area contributed by atoms with Crippen LogP contribution in [0.3, 0.4) is 0 Å². The quantitative estimate of drug-likeness (QED) is 0.550. The summed E-state index contributed by atoms with van der Waals surface area (Å²) < 4.78 is 5.91. The Hall–Kier alpha value is -3.18. The lowest BCUT2D eigenvalue weighted by atomic mass is 10.0. The number of pyridine rings is 1. The van der Waals surface area contributed by atoms with Crippen molar-refractivity contribution < 1.29 is 14.6 Å². The standard InChI is InChI=1S/C24H26N2O3/c1-2-6-21(25)22-14-19(11-12-26-22)18-9-5-7-17(13-18)16-29-23-10-4-3-8-20(23)15-24(27)28/h3-5,7-14,21H,2,6,15-16,25H2,1H3,(H,27,28). The number of carbonyl (C=O) groups is 1. The summed E-state index contributed by atoms with van der Waals surface area (Å²) in [5, 5.41) is 9.06. The number of carboxylic acid groups (broad SMARTS) is 1. The van der Waals surface area contributed by atoms with Crippen molar-refractivity contribution in [3.05, 3.63) is 83.7 Å². The number of aromatic nitrogens is 1. The number of hydrogen-bond donors (Lipinski definition) is 2. The monoisotopic (exact) mass is 390 g/mol. The largest absolute Gasteiger partial charge is 0.489 e. The second-order valence-corrected chi connectivity index (χ2v) is 7.03. The van der Waals surface area contributed by atoms with Gasteiger partial charge in [0.2, 0.25) is 0 Å². The van der Waals surface area contributed by atoms with Crippen LogP contribution in [0.1, 0.15) is 42.6 Å². The third kappa shape index (κ3) is 5.65. The Morgan fingerprint density at radius 2 is 1.90 bits per heavy atom. The predicted octanol–water partition coefficient (Wildman–Crippen LogP) is 4.75. The lowest BCUT2D eigenvalue weighted by molar-refractivity contribution is -0.136. The van der Waals surface area contributed by atoms with Crippen LogP contribution >= 0.6 is 0 Å². The van der Waals surface area contributed by atoms with Gasteiger partial charge in [-0.15, -0.1) is 0 Å². The van der Waals surface area contributed by atoms with Crippen LogP contribution in [0.15, 0.2) is 66.9 Å². The van der Waals surface area contributed by atoms with Gasteiger partial charge in [-0.25, -0.2) is 0 Å². The third-order valence-electron chi connectivity index (χ3n) is 4.73. The molecule has 0 bridgehead atoms. The van der Waals surface area contributed by atoms with Gasteiger partial charge in [0.15, 0.2) is 0 Å². The molecule has 0 fully saturated rings. The van der Waals surface area contributed by atoms with Crippen LogP contribution in [0.4, 0.5) is 0 Å². The highest BCUT2D eigenvalue weighted by molar-refractivity contribution is 5.71. The van der Waals surface area contributed by atoms with Gasteiger partial charge in [-0.2, -0.15) is 0 Å². The average molecular weight is 390 g/mol. The molecule has 5 heteroatoms. The van der Waals surface area contributed by atoms with Crippen LogP contribution in [-0.2, 0) is 17.8 Å². The Labute approximate surface area is 171 Å². The first kappa shape index (κ1) is 20.6. The van der Waals surface area contributed by atoms with Gasteiger partial charge in [-0.3, -0.25) is 9.78 Å². The zero-order chi connectivity index (χ0) is 20.6. The van der Waals surface area contributed by atoms with Crippen molar-refractivity contribution >= 4 is 5.97 Å². The molecule has 3 aromatic rings. The molecule has 0 saturated heterocycles. The molecule has 1 heterocycles. The molecule has 1 unspecified atom stereocenters. The van der Waals surface area contributed by atoms with E-state index in [-0.39, 0.29) is 12.5 Å². The maximum absolute atomic E-state index is 11.0. The summed E-state index contributed by atoms with van der Waals surface area (Å²) in [4.78, 5) is 15.5. The van der Waals surface area contributed by atoms with E-state index in [2.05, 4.69) is 18.0 Å². The van der Waals surface area contributed by atoms with E-state index in [1.54, 1.807) is 18.3 Å². The molecule has 29 heavy (non-hydrogen) atoms. The predicted molar refractivity (Wildman–Crippen MR) is 114 cm³/mol. The second-order valence-electron chi connectivity index (χ2n) is 7.03. The molecule has 0 aliphatic heterocycles. The van der Waals surface area contributed by atoms with E-state index in [0.717, 1.165) is 35.2 Å². The summed E-state index contributed by atoms with van der Waals surface area (Å²) in [6, 6.07) is 19.3. The Bertz CT molecular complexity index is 972. The van der Waals surface area contributed by atoms with Crippen LogP contribution in [0.5, 0.6) is 5.75 Å². The summed E-state index contributed by atoms with van der Waals surface area (Å²) in [5.74, 6) is -0.283. The smallest absolute Gasteiger partial charge is 0.307 e. The Morgan fingerprint density at radius 1 is 1.10 bits per heavy atom. The maximum atomic E-state index is 11.0. The van der Waals surface area contributed by atoms with E-state index < -0.39 is 5.97 Å². The maximum Gasteiger partial charge on any atom is 0.307 e. The second kappa shape index (κ2) is 9.85. The molecule has 5 nitrogen and oxygen atoms in total. The highest BCUT2D eigenvalue weighted by Gasteiger charge is 2.10. The Balaban J connectivity index is 1.76. The summed E-state index contributed by atoms with van der Waals surface area (Å²) in [6.45, 7) is 2.47. The molecule has 0 aliphatic rings. The van der Waals surface area contributed by atoms with E-state index in [4.69, 9.17) is 15.6 Å². The highest BCUT2D eigenvalue weighted by Crippen LogP contribution is 2.25. The van der Waals surface area contributed by atoms with Crippen LogP contribution in [-0.4, -0.2) is 16.1 Å². The fourth-order valence-corrected chi connectivity index (χ4v) is 3.24. The van der Waals surface area contributed by atoms with Gasteiger partial charge in [0.25, 0.3) is 0 Å². The van der Waals surface area contributed by atoms with Crippen molar-refractivity contribution in [2.45, 2.75) is 38.8 Å². The number of para-hydroxylation sites is 1. The molecule has 1 atom stereocenters. The Morgan fingerprint density at radius 3 is 2.69 bits per heavy atom. The first-order chi connectivity index (χ1) is 14.1. The summed E-state index contributed by atoms with van der Waals surface area (Å²) >= 11 is 0. The first-order valence-corrected chi connectivity index (χ1v) is 9.80. The molecule has 0 radical (unpaired) electrons. The molecule has 3 N–H and O–H groups in total. The third-order valence-corrected chi connectivity index (χ3v) is 4.73. The molecule has 1 aromatic heterocycles. The number of carboxylic acids is 1. The first-order valence-electron chi connectivity index (χ1n) is 9.80. The number of aliphatic carboxylic acids is 1. The fraction of sp³-hybridized carbons (Fsp3) is 0.250. The van der Waals surface area contributed by atoms with Crippen molar-refractivity contribution in [3.63, 3.8) is 0 Å². The number of nitrogens with zero attached hydrogens (tertiary/aromatic N) is 1. The van der Waals surface area contributed by atoms with Crippen molar-refractivity contribution in [2.24, 2.45) is 5.73 Å². The van der Waals surface area contributed by atoms with Crippen LogP contribution in [0.2, 0.25) is 0 Å². The molecular weight excluding hydrogens is 364 g/mol. The van der Waals surface area contributed by atoms with E-state index in [0.29, 0.717) is 17.9 Å². The van der Waals surface area contributed by atoms with Crippen molar-refractivity contribution in [2.75, 3.05) is 0 Å². The molecule has 0 spiro atoms. The van der Waals surface area contributed by atoms with Gasteiger partial charge in [-0.05, 0) is 47.4 Å². The van der Waals surface area contributed by atoms with E-state index in [1.807, 2.05) is 42.5 Å². The lowest BCUT2D eigenvalue weighted by Gasteiger charge is -2.13. The minimum absolute atomic E-state index is 0.0581. The van der Waals surface area contributed by atoms with Crippen LogP contribution in [0.25, 0.3) is 11.1 Å². The fourth-order valence-electron chi connectivity index (χ4n) is 3.24. The average Bonchev–Trinajstić information content (AvgIpc) is 2.73. The normalized spacial score (nSPS) is 11.8. The lowest BCUT2D eigenvalue weighted by Crippen LogP contribution is -2.11. The summed E-state index contributed by atoms with van der Waals surface area (Å²) in [6.07, 6.45) is 3.66. The summed E-state index contributed by atoms with van der Waals surface area (Å²) in [7, 11) is 0. The number of ether oxygens (including phenoxy) is 1. The summed E-state index contributed by atoms with van der Waals surface area (Å²) in [5.41, 5.74) is 10.9. The van der Waals surface area contributed by atoms with Gasteiger partial charge in [-0.1, -0.05) is 49.7 Å².